The number of hydrogen-bond acceptors (Lipinski definition) is 3. The SMILES string of the molecule is Cc1cccc(C)c1-c1ccc2c(n1)OC/C2=C\C=Cc1cc(C(C)C2CCCCC2)ccn1. The largest absolute Gasteiger partial charge is 0.472 e. The van der Waals surface area contributed by atoms with Crippen LogP contribution < -0.4 is 4.74 Å². The van der Waals surface area contributed by atoms with Crippen molar-refractivity contribution in [1.29, 1.82) is 0 Å². The molecule has 0 radical (unpaired) electrons. The van der Waals surface area contributed by atoms with Gasteiger partial charge in [0.2, 0.25) is 5.88 Å². The molecule has 174 valence electrons. The van der Waals surface area contributed by atoms with Gasteiger partial charge in [-0.1, -0.05) is 56.5 Å². The molecule has 1 aliphatic carbocycles. The van der Waals surface area contributed by atoms with Crippen LogP contribution in [0.25, 0.3) is 22.9 Å². The predicted octanol–water partition coefficient (Wildman–Crippen LogP) is 7.93. The summed E-state index contributed by atoms with van der Waals surface area (Å²) in [7, 11) is 0. The number of hydrogen-bond donors (Lipinski definition) is 0. The highest BCUT2D eigenvalue weighted by atomic mass is 16.5. The van der Waals surface area contributed by atoms with Gasteiger partial charge in [0.25, 0.3) is 0 Å². The molecule has 1 saturated carbocycles. The average Bonchev–Trinajstić information content (AvgIpc) is 3.26. The number of aryl methyl sites for hydroxylation is 2. The highest BCUT2D eigenvalue weighted by Gasteiger charge is 2.22. The highest BCUT2D eigenvalue weighted by molar-refractivity contribution is 5.78. The van der Waals surface area contributed by atoms with E-state index in [1.807, 2.05) is 6.20 Å². The Morgan fingerprint density at radius 1 is 1.00 bits per heavy atom. The van der Waals surface area contributed by atoms with E-state index in [9.17, 15) is 0 Å². The van der Waals surface area contributed by atoms with E-state index in [0.717, 1.165) is 34.3 Å². The lowest BCUT2D eigenvalue weighted by Crippen LogP contribution is -2.14. The summed E-state index contributed by atoms with van der Waals surface area (Å²) in [6.07, 6.45) is 15.1. The molecule has 3 nitrogen and oxygen atoms in total. The van der Waals surface area contributed by atoms with Crippen LogP contribution in [0.5, 0.6) is 5.88 Å². The second-order valence-corrected chi connectivity index (χ2v) is 9.86. The lowest BCUT2D eigenvalue weighted by molar-refractivity contribution is 0.316. The van der Waals surface area contributed by atoms with Gasteiger partial charge in [0, 0.05) is 22.9 Å². The van der Waals surface area contributed by atoms with Gasteiger partial charge in [-0.15, -0.1) is 0 Å². The maximum absolute atomic E-state index is 5.94. The molecule has 0 N–H and O–H groups in total. The van der Waals surface area contributed by atoms with Crippen molar-refractivity contribution < 1.29 is 4.74 Å². The second-order valence-electron chi connectivity index (χ2n) is 9.86. The summed E-state index contributed by atoms with van der Waals surface area (Å²) in [6.45, 7) is 7.20. The Bertz CT molecular complexity index is 1210. The number of nitrogens with zero attached hydrogens (tertiary/aromatic N) is 2. The molecule has 1 atom stereocenters. The summed E-state index contributed by atoms with van der Waals surface area (Å²) >= 11 is 0. The van der Waals surface area contributed by atoms with Gasteiger partial charge in [0.1, 0.15) is 6.61 Å². The van der Waals surface area contributed by atoms with Crippen LogP contribution >= 0.6 is 0 Å². The van der Waals surface area contributed by atoms with Crippen LogP contribution in [-0.2, 0) is 0 Å². The Labute approximate surface area is 203 Å². The Balaban J connectivity index is 1.32. The van der Waals surface area contributed by atoms with Gasteiger partial charge in [-0.3, -0.25) is 4.98 Å². The predicted molar refractivity (Wildman–Crippen MR) is 141 cm³/mol. The zero-order valence-electron chi connectivity index (χ0n) is 20.6. The Kier molecular flexibility index (Phi) is 6.62. The van der Waals surface area contributed by atoms with Gasteiger partial charge in [0.15, 0.2) is 0 Å². The minimum atomic E-state index is 0.551. The van der Waals surface area contributed by atoms with Crippen molar-refractivity contribution in [2.75, 3.05) is 6.61 Å². The number of aromatic nitrogens is 2. The maximum atomic E-state index is 5.94. The van der Waals surface area contributed by atoms with Crippen LogP contribution in [0.3, 0.4) is 0 Å². The van der Waals surface area contributed by atoms with Crippen molar-refractivity contribution in [1.82, 2.24) is 9.97 Å². The van der Waals surface area contributed by atoms with Crippen molar-refractivity contribution >= 4 is 11.6 Å². The molecule has 34 heavy (non-hydrogen) atoms. The van der Waals surface area contributed by atoms with Crippen molar-refractivity contribution in [3.63, 3.8) is 0 Å². The van der Waals surface area contributed by atoms with Gasteiger partial charge in [-0.25, -0.2) is 4.98 Å². The molecular weight excluding hydrogens is 416 g/mol. The van der Waals surface area contributed by atoms with Crippen molar-refractivity contribution in [3.05, 3.63) is 88.8 Å². The van der Waals surface area contributed by atoms with Crippen LogP contribution in [0.4, 0.5) is 0 Å². The normalized spacial score (nSPS) is 18.3. The Morgan fingerprint density at radius 3 is 2.59 bits per heavy atom. The van der Waals surface area contributed by atoms with E-state index in [4.69, 9.17) is 9.72 Å². The van der Waals surface area contributed by atoms with Gasteiger partial charge in [-0.05, 0) is 85.6 Å². The van der Waals surface area contributed by atoms with Crippen LogP contribution in [0, 0.1) is 19.8 Å². The number of fused-ring (bicyclic) bond motifs is 1. The first-order chi connectivity index (χ1) is 16.6. The third kappa shape index (κ3) is 4.70. The summed E-state index contributed by atoms with van der Waals surface area (Å²) in [5.41, 5.74) is 9.28. The molecule has 1 unspecified atom stereocenters. The zero-order valence-corrected chi connectivity index (χ0v) is 20.6. The minimum absolute atomic E-state index is 0.551. The van der Waals surface area contributed by atoms with Crippen molar-refractivity contribution in [2.24, 2.45) is 5.92 Å². The molecule has 0 spiro atoms. The first kappa shape index (κ1) is 22.6. The molecule has 0 saturated heterocycles. The van der Waals surface area contributed by atoms with E-state index >= 15 is 0 Å². The Morgan fingerprint density at radius 2 is 1.79 bits per heavy atom. The lowest BCUT2D eigenvalue weighted by Gasteiger charge is -2.28. The van der Waals surface area contributed by atoms with E-state index in [2.05, 4.69) is 86.4 Å². The van der Waals surface area contributed by atoms with Crippen LogP contribution in [0.2, 0.25) is 0 Å². The first-order valence-corrected chi connectivity index (χ1v) is 12.6. The van der Waals surface area contributed by atoms with Crippen LogP contribution in [0.1, 0.15) is 72.9 Å². The number of allylic oxidation sites excluding steroid dienone is 2. The molecule has 3 heterocycles. The summed E-state index contributed by atoms with van der Waals surface area (Å²) < 4.78 is 5.94. The number of pyridine rings is 2. The van der Waals surface area contributed by atoms with E-state index in [1.165, 1.54) is 54.4 Å². The standard InChI is InChI=1S/C31H34N2O/c1-21-9-7-10-22(2)30(21)29-16-15-28-26(20-34-31(28)33-29)13-8-14-27-19-25(17-18-32-27)23(3)24-11-5-4-6-12-24/h7-10,13-19,23-24H,4-6,11-12,20H2,1-3H3/b14-8?,26-13+. The van der Waals surface area contributed by atoms with Gasteiger partial charge >= 0.3 is 0 Å². The maximum Gasteiger partial charge on any atom is 0.222 e. The fraction of sp³-hybridized carbons (Fsp3) is 0.355. The molecule has 2 aromatic heterocycles. The minimum Gasteiger partial charge on any atom is -0.472 e. The fourth-order valence-electron chi connectivity index (χ4n) is 5.52. The molecule has 1 fully saturated rings. The molecule has 2 aliphatic rings. The van der Waals surface area contributed by atoms with Gasteiger partial charge in [-0.2, -0.15) is 0 Å². The number of rotatable bonds is 5. The number of benzene rings is 1. The van der Waals surface area contributed by atoms with E-state index in [-0.39, 0.29) is 0 Å². The molecule has 3 heteroatoms. The average molecular weight is 451 g/mol. The van der Waals surface area contributed by atoms with Gasteiger partial charge < -0.3 is 4.74 Å². The first-order valence-electron chi connectivity index (χ1n) is 12.6. The molecule has 0 amide bonds. The summed E-state index contributed by atoms with van der Waals surface area (Å²) in [4.78, 5) is 9.41. The highest BCUT2D eigenvalue weighted by Crippen LogP contribution is 2.37. The van der Waals surface area contributed by atoms with Crippen LogP contribution in [-0.4, -0.2) is 16.6 Å². The van der Waals surface area contributed by atoms with E-state index in [1.54, 1.807) is 0 Å². The topological polar surface area (TPSA) is 35.0 Å². The number of ether oxygens (including phenoxy) is 1. The Hall–Kier alpha value is -3.20. The third-order valence-electron chi connectivity index (χ3n) is 7.56. The van der Waals surface area contributed by atoms with Crippen molar-refractivity contribution in [2.45, 2.75) is 58.8 Å². The molecule has 1 aliphatic heterocycles. The zero-order chi connectivity index (χ0) is 23.5. The molecular formula is C31H34N2O. The molecule has 5 rings (SSSR count). The lowest BCUT2D eigenvalue weighted by atomic mass is 9.78. The summed E-state index contributed by atoms with van der Waals surface area (Å²) in [5.74, 6) is 2.13. The van der Waals surface area contributed by atoms with E-state index < -0.39 is 0 Å². The van der Waals surface area contributed by atoms with E-state index in [0.29, 0.717) is 12.5 Å². The van der Waals surface area contributed by atoms with Gasteiger partial charge in [0.05, 0.1) is 11.4 Å². The quantitative estimate of drug-likeness (QED) is 0.396. The van der Waals surface area contributed by atoms with Crippen LogP contribution in [0.15, 0.2) is 60.8 Å². The second kappa shape index (κ2) is 9.97. The molecule has 0 bridgehead atoms. The summed E-state index contributed by atoms with van der Waals surface area (Å²) in [5, 5.41) is 0. The monoisotopic (exact) mass is 450 g/mol. The third-order valence-corrected chi connectivity index (χ3v) is 7.56. The fourth-order valence-corrected chi connectivity index (χ4v) is 5.52. The smallest absolute Gasteiger partial charge is 0.222 e. The van der Waals surface area contributed by atoms with Crippen molar-refractivity contribution in [3.8, 4) is 17.1 Å². The molecule has 3 aromatic rings. The summed E-state index contributed by atoms with van der Waals surface area (Å²) in [6, 6.07) is 15.0. The molecule has 1 aromatic carbocycles.